The summed E-state index contributed by atoms with van der Waals surface area (Å²) in [5.41, 5.74) is 1.26. The Hall–Kier alpha value is -2.08. The van der Waals surface area contributed by atoms with Crippen LogP contribution in [0.15, 0.2) is 24.3 Å². The van der Waals surface area contributed by atoms with E-state index in [1.54, 1.807) is 6.07 Å². The highest BCUT2D eigenvalue weighted by atomic mass is 16.4. The Morgan fingerprint density at radius 1 is 1.21 bits per heavy atom. The van der Waals surface area contributed by atoms with Gasteiger partial charge in [0, 0.05) is 32.0 Å². The third kappa shape index (κ3) is 7.20. The number of aromatic hydroxyl groups is 1. The number of aliphatic carboxylic acids is 1. The lowest BCUT2D eigenvalue weighted by molar-refractivity contribution is -0.137. The third-order valence-corrected chi connectivity index (χ3v) is 8.19. The summed E-state index contributed by atoms with van der Waals surface area (Å²) < 4.78 is 0. The van der Waals surface area contributed by atoms with Gasteiger partial charge in [-0.15, -0.1) is 0 Å². The van der Waals surface area contributed by atoms with Gasteiger partial charge < -0.3 is 20.4 Å². The molecule has 1 heterocycles. The van der Waals surface area contributed by atoms with E-state index in [4.69, 9.17) is 5.11 Å². The molecule has 3 rings (SSSR count). The van der Waals surface area contributed by atoms with Crippen LogP contribution in [0.1, 0.15) is 83.6 Å². The first kappa shape index (κ1) is 25.5. The Labute approximate surface area is 198 Å². The van der Waals surface area contributed by atoms with Gasteiger partial charge in [-0.2, -0.15) is 0 Å². The molecule has 6 nitrogen and oxygen atoms in total. The molecule has 1 unspecified atom stereocenters. The number of nitrogens with one attached hydrogen (secondary N) is 1. The van der Waals surface area contributed by atoms with Crippen molar-refractivity contribution in [1.82, 2.24) is 10.2 Å². The zero-order valence-electron chi connectivity index (χ0n) is 20.4. The SMILES string of the molecule is C[C@H]1CN(CCC(NC(=O)CCCC(=O)O)C2CCCCC2)CC[C@]1(C)c1cccc(O)c1. The van der Waals surface area contributed by atoms with Crippen molar-refractivity contribution in [1.29, 1.82) is 0 Å². The maximum absolute atomic E-state index is 12.5. The molecule has 3 N–H and O–H groups in total. The van der Waals surface area contributed by atoms with Crippen molar-refractivity contribution >= 4 is 11.9 Å². The molecule has 1 saturated carbocycles. The van der Waals surface area contributed by atoms with Crippen LogP contribution in [0.25, 0.3) is 0 Å². The first-order valence-electron chi connectivity index (χ1n) is 12.8. The van der Waals surface area contributed by atoms with E-state index in [1.807, 2.05) is 12.1 Å². The highest BCUT2D eigenvalue weighted by Crippen LogP contribution is 2.40. The highest BCUT2D eigenvalue weighted by molar-refractivity contribution is 5.77. The van der Waals surface area contributed by atoms with Crippen LogP contribution in [0.4, 0.5) is 0 Å². The van der Waals surface area contributed by atoms with Gasteiger partial charge in [0.15, 0.2) is 0 Å². The topological polar surface area (TPSA) is 89.9 Å². The summed E-state index contributed by atoms with van der Waals surface area (Å²) >= 11 is 0. The number of carbonyl (C=O) groups is 2. The Morgan fingerprint density at radius 3 is 2.64 bits per heavy atom. The molecule has 0 radical (unpaired) electrons. The van der Waals surface area contributed by atoms with Crippen molar-refractivity contribution in [3.63, 3.8) is 0 Å². The summed E-state index contributed by atoms with van der Waals surface area (Å²) in [4.78, 5) is 25.8. The van der Waals surface area contributed by atoms with Crippen molar-refractivity contribution in [2.75, 3.05) is 19.6 Å². The molecule has 1 saturated heterocycles. The number of amides is 1. The molecule has 184 valence electrons. The molecular formula is C27H42N2O4. The molecule has 1 aromatic carbocycles. The van der Waals surface area contributed by atoms with Crippen LogP contribution >= 0.6 is 0 Å². The van der Waals surface area contributed by atoms with Crippen LogP contribution < -0.4 is 5.32 Å². The Kier molecular flexibility index (Phi) is 9.19. The van der Waals surface area contributed by atoms with Crippen LogP contribution in [-0.4, -0.2) is 52.7 Å². The Balaban J connectivity index is 1.55. The van der Waals surface area contributed by atoms with Crippen LogP contribution in [0.2, 0.25) is 0 Å². The van der Waals surface area contributed by atoms with Gasteiger partial charge in [-0.3, -0.25) is 9.59 Å². The summed E-state index contributed by atoms with van der Waals surface area (Å²) in [6, 6.07) is 7.88. The van der Waals surface area contributed by atoms with Crippen molar-refractivity contribution < 1.29 is 19.8 Å². The number of likely N-dealkylation sites (tertiary alicyclic amines) is 1. The fourth-order valence-corrected chi connectivity index (χ4v) is 5.77. The first-order chi connectivity index (χ1) is 15.8. The van der Waals surface area contributed by atoms with Crippen molar-refractivity contribution in [2.24, 2.45) is 11.8 Å². The second kappa shape index (κ2) is 11.9. The van der Waals surface area contributed by atoms with Crippen LogP contribution in [0.5, 0.6) is 5.75 Å². The Bertz CT molecular complexity index is 792. The number of carboxylic acid groups (broad SMARTS) is 1. The monoisotopic (exact) mass is 458 g/mol. The number of phenolic OH excluding ortho intramolecular Hbond substituents is 1. The van der Waals surface area contributed by atoms with E-state index in [-0.39, 0.29) is 23.8 Å². The van der Waals surface area contributed by atoms with Gasteiger partial charge in [0.1, 0.15) is 5.75 Å². The fraction of sp³-hybridized carbons (Fsp3) is 0.704. The second-order valence-electron chi connectivity index (χ2n) is 10.5. The molecule has 33 heavy (non-hydrogen) atoms. The molecule has 0 bridgehead atoms. The molecule has 6 heteroatoms. The molecule has 1 aromatic rings. The van der Waals surface area contributed by atoms with Gasteiger partial charge >= 0.3 is 5.97 Å². The number of carboxylic acids is 1. The van der Waals surface area contributed by atoms with E-state index in [2.05, 4.69) is 30.1 Å². The van der Waals surface area contributed by atoms with Gasteiger partial charge in [0.05, 0.1) is 0 Å². The fourth-order valence-electron chi connectivity index (χ4n) is 5.77. The van der Waals surface area contributed by atoms with Gasteiger partial charge in [0.2, 0.25) is 5.91 Å². The zero-order valence-corrected chi connectivity index (χ0v) is 20.4. The predicted octanol–water partition coefficient (Wildman–Crippen LogP) is 4.70. The quantitative estimate of drug-likeness (QED) is 0.473. The number of phenols is 1. The van der Waals surface area contributed by atoms with E-state index < -0.39 is 5.97 Å². The van der Waals surface area contributed by atoms with Crippen LogP contribution in [-0.2, 0) is 15.0 Å². The first-order valence-corrected chi connectivity index (χ1v) is 12.8. The highest BCUT2D eigenvalue weighted by Gasteiger charge is 2.38. The lowest BCUT2D eigenvalue weighted by Gasteiger charge is -2.45. The molecule has 0 spiro atoms. The summed E-state index contributed by atoms with van der Waals surface area (Å²) in [5, 5.41) is 22.1. The lowest BCUT2D eigenvalue weighted by Crippen LogP contribution is -2.49. The predicted molar refractivity (Wildman–Crippen MR) is 130 cm³/mol. The summed E-state index contributed by atoms with van der Waals surface area (Å²) in [5.74, 6) is 0.477. The number of nitrogens with zero attached hydrogens (tertiary/aromatic N) is 1. The third-order valence-electron chi connectivity index (χ3n) is 8.19. The summed E-state index contributed by atoms with van der Waals surface area (Å²) in [6.07, 6.45) is 8.83. The largest absolute Gasteiger partial charge is 0.508 e. The number of hydrogen-bond donors (Lipinski definition) is 3. The smallest absolute Gasteiger partial charge is 0.303 e. The van der Waals surface area contributed by atoms with Crippen molar-refractivity contribution in [3.8, 4) is 5.75 Å². The average Bonchev–Trinajstić information content (AvgIpc) is 2.79. The standard InChI is InChI=1S/C27H42N2O4/c1-20-19-29(17-15-27(20,2)22-10-6-11-23(30)18-22)16-14-24(21-8-4-3-5-9-21)28-25(31)12-7-13-26(32)33/h6,10-11,18,20-21,24,30H,3-5,7-9,12-17,19H2,1-2H3,(H,28,31)(H,32,33)/t20-,24?,27-/m0/s1. The van der Waals surface area contributed by atoms with Crippen LogP contribution in [0, 0.1) is 11.8 Å². The maximum Gasteiger partial charge on any atom is 0.303 e. The number of piperidine rings is 1. The molecule has 3 atom stereocenters. The molecule has 2 fully saturated rings. The second-order valence-corrected chi connectivity index (χ2v) is 10.5. The van der Waals surface area contributed by atoms with Gasteiger partial charge in [-0.25, -0.2) is 0 Å². The summed E-state index contributed by atoms with van der Waals surface area (Å²) in [7, 11) is 0. The minimum atomic E-state index is -0.844. The van der Waals surface area contributed by atoms with E-state index in [0.717, 1.165) is 32.5 Å². The number of hydrogen-bond acceptors (Lipinski definition) is 4. The van der Waals surface area contributed by atoms with E-state index >= 15 is 0 Å². The van der Waals surface area contributed by atoms with Crippen molar-refractivity contribution in [2.45, 2.75) is 89.5 Å². The van der Waals surface area contributed by atoms with E-state index in [0.29, 0.717) is 30.4 Å². The van der Waals surface area contributed by atoms with Crippen molar-refractivity contribution in [3.05, 3.63) is 29.8 Å². The molecule has 1 amide bonds. The maximum atomic E-state index is 12.5. The van der Waals surface area contributed by atoms with Crippen LogP contribution in [0.3, 0.4) is 0 Å². The number of carbonyl (C=O) groups excluding carboxylic acids is 1. The average molecular weight is 459 g/mol. The molecule has 2 aliphatic rings. The summed E-state index contributed by atoms with van der Waals surface area (Å²) in [6.45, 7) is 7.61. The minimum absolute atomic E-state index is 0.00436. The molecule has 0 aromatic heterocycles. The molecule has 1 aliphatic heterocycles. The van der Waals surface area contributed by atoms with Gasteiger partial charge in [0.25, 0.3) is 0 Å². The minimum Gasteiger partial charge on any atom is -0.508 e. The molecular weight excluding hydrogens is 416 g/mol. The zero-order chi connectivity index (χ0) is 23.8. The van der Waals surface area contributed by atoms with E-state index in [1.165, 1.54) is 37.7 Å². The number of benzene rings is 1. The van der Waals surface area contributed by atoms with E-state index in [9.17, 15) is 14.7 Å². The van der Waals surface area contributed by atoms with Gasteiger partial charge in [-0.1, -0.05) is 45.2 Å². The number of rotatable bonds is 10. The Morgan fingerprint density at radius 2 is 1.97 bits per heavy atom. The van der Waals surface area contributed by atoms with Gasteiger partial charge in [-0.05, 0) is 73.6 Å². The lowest BCUT2D eigenvalue weighted by atomic mass is 9.68. The normalized spacial score (nSPS) is 25.5. The molecule has 1 aliphatic carbocycles.